The lowest BCUT2D eigenvalue weighted by Gasteiger charge is -2.26. The SMILES string of the molecule is OCC1(O)CCCN(Cc2cnc(N3CCOCC3)s2)CC1. The number of nitrogens with zero attached hydrogens (tertiary/aromatic N) is 3. The second-order valence-electron chi connectivity index (χ2n) is 6.22. The summed E-state index contributed by atoms with van der Waals surface area (Å²) in [5, 5.41) is 20.6. The van der Waals surface area contributed by atoms with E-state index in [0.717, 1.165) is 57.5 Å². The maximum Gasteiger partial charge on any atom is 0.185 e. The molecular weight excluding hydrogens is 302 g/mol. The third-order valence-electron chi connectivity index (χ3n) is 4.51. The number of anilines is 1. The van der Waals surface area contributed by atoms with E-state index in [0.29, 0.717) is 12.8 Å². The lowest BCUT2D eigenvalue weighted by atomic mass is 9.96. The Morgan fingerprint density at radius 3 is 2.82 bits per heavy atom. The first kappa shape index (κ1) is 16.1. The Morgan fingerprint density at radius 1 is 1.23 bits per heavy atom. The maximum absolute atomic E-state index is 10.2. The summed E-state index contributed by atoms with van der Waals surface area (Å²) in [7, 11) is 0. The Labute approximate surface area is 135 Å². The predicted molar refractivity (Wildman–Crippen MR) is 86.3 cm³/mol. The number of ether oxygens (including phenoxy) is 1. The molecule has 1 unspecified atom stereocenters. The van der Waals surface area contributed by atoms with Crippen LogP contribution in [0.25, 0.3) is 0 Å². The highest BCUT2D eigenvalue weighted by Gasteiger charge is 2.29. The zero-order chi connectivity index (χ0) is 15.4. The number of morpholine rings is 1. The molecule has 0 saturated carbocycles. The van der Waals surface area contributed by atoms with Gasteiger partial charge in [0.1, 0.15) is 0 Å². The molecule has 1 atom stereocenters. The highest BCUT2D eigenvalue weighted by Crippen LogP contribution is 2.27. The van der Waals surface area contributed by atoms with Crippen LogP contribution in [0.15, 0.2) is 6.20 Å². The van der Waals surface area contributed by atoms with Crippen LogP contribution in [0, 0.1) is 0 Å². The molecule has 0 spiro atoms. The number of hydrogen-bond donors (Lipinski definition) is 2. The fourth-order valence-electron chi connectivity index (χ4n) is 3.04. The largest absolute Gasteiger partial charge is 0.393 e. The van der Waals surface area contributed by atoms with Crippen LogP contribution in [0.3, 0.4) is 0 Å². The number of rotatable bonds is 4. The Hall–Kier alpha value is -0.730. The van der Waals surface area contributed by atoms with Gasteiger partial charge in [-0.15, -0.1) is 11.3 Å². The number of aliphatic hydroxyl groups is 2. The monoisotopic (exact) mass is 327 g/mol. The van der Waals surface area contributed by atoms with Crippen LogP contribution < -0.4 is 4.90 Å². The van der Waals surface area contributed by atoms with Crippen molar-refractivity contribution in [2.75, 3.05) is 50.9 Å². The lowest BCUT2D eigenvalue weighted by Crippen LogP contribution is -2.36. The summed E-state index contributed by atoms with van der Waals surface area (Å²) in [5.41, 5.74) is -0.887. The van der Waals surface area contributed by atoms with Crippen molar-refractivity contribution in [2.24, 2.45) is 0 Å². The van der Waals surface area contributed by atoms with Crippen molar-refractivity contribution in [3.8, 4) is 0 Å². The van der Waals surface area contributed by atoms with Crippen LogP contribution in [0.2, 0.25) is 0 Å². The summed E-state index contributed by atoms with van der Waals surface area (Å²) < 4.78 is 5.38. The van der Waals surface area contributed by atoms with Gasteiger partial charge in [-0.1, -0.05) is 0 Å². The highest BCUT2D eigenvalue weighted by atomic mass is 32.1. The minimum atomic E-state index is -0.887. The van der Waals surface area contributed by atoms with Gasteiger partial charge in [0.05, 0.1) is 25.4 Å². The van der Waals surface area contributed by atoms with Crippen molar-refractivity contribution in [2.45, 2.75) is 31.4 Å². The molecule has 124 valence electrons. The number of likely N-dealkylation sites (tertiary alicyclic amines) is 1. The molecule has 0 aliphatic carbocycles. The van der Waals surface area contributed by atoms with Crippen molar-refractivity contribution in [1.82, 2.24) is 9.88 Å². The van der Waals surface area contributed by atoms with E-state index in [1.54, 1.807) is 11.3 Å². The molecule has 2 saturated heterocycles. The first-order chi connectivity index (χ1) is 10.7. The summed E-state index contributed by atoms with van der Waals surface area (Å²) >= 11 is 1.75. The molecule has 1 aromatic heterocycles. The van der Waals surface area contributed by atoms with Crippen LogP contribution in [0.4, 0.5) is 5.13 Å². The standard InChI is InChI=1S/C15H25N3O3S/c19-12-15(20)2-1-4-17(5-3-15)11-13-10-16-14(22-13)18-6-8-21-9-7-18/h10,19-20H,1-9,11-12H2. The third-order valence-corrected chi connectivity index (χ3v) is 5.55. The Balaban J connectivity index is 1.56. The van der Waals surface area contributed by atoms with Gasteiger partial charge in [0, 0.05) is 37.3 Å². The van der Waals surface area contributed by atoms with Crippen molar-refractivity contribution in [1.29, 1.82) is 0 Å². The molecule has 2 aliphatic heterocycles. The van der Waals surface area contributed by atoms with E-state index in [9.17, 15) is 10.2 Å². The van der Waals surface area contributed by atoms with Gasteiger partial charge >= 0.3 is 0 Å². The molecule has 0 aromatic carbocycles. The average molecular weight is 327 g/mol. The predicted octanol–water partition coefficient (Wildman–Crippen LogP) is 0.689. The second-order valence-corrected chi connectivity index (χ2v) is 7.31. The summed E-state index contributed by atoms with van der Waals surface area (Å²) in [6.45, 7) is 5.92. The van der Waals surface area contributed by atoms with E-state index in [4.69, 9.17) is 4.74 Å². The van der Waals surface area contributed by atoms with Crippen molar-refractivity contribution in [3.05, 3.63) is 11.1 Å². The third kappa shape index (κ3) is 3.97. The zero-order valence-electron chi connectivity index (χ0n) is 12.9. The zero-order valence-corrected chi connectivity index (χ0v) is 13.7. The molecule has 2 fully saturated rings. The van der Waals surface area contributed by atoms with Crippen molar-refractivity contribution in [3.63, 3.8) is 0 Å². The second kappa shape index (κ2) is 7.23. The smallest absolute Gasteiger partial charge is 0.185 e. The molecule has 2 aliphatic rings. The Morgan fingerprint density at radius 2 is 2.05 bits per heavy atom. The van der Waals surface area contributed by atoms with Gasteiger partial charge in [-0.3, -0.25) is 4.90 Å². The topological polar surface area (TPSA) is 69.1 Å². The quantitative estimate of drug-likeness (QED) is 0.848. The van der Waals surface area contributed by atoms with E-state index in [1.165, 1.54) is 4.88 Å². The molecule has 22 heavy (non-hydrogen) atoms. The molecule has 7 heteroatoms. The summed E-state index contributed by atoms with van der Waals surface area (Å²) in [5.74, 6) is 0. The van der Waals surface area contributed by atoms with Gasteiger partial charge in [-0.25, -0.2) is 4.98 Å². The van der Waals surface area contributed by atoms with Gasteiger partial charge < -0.3 is 19.8 Å². The van der Waals surface area contributed by atoms with Gasteiger partial charge in [-0.2, -0.15) is 0 Å². The van der Waals surface area contributed by atoms with Crippen molar-refractivity contribution >= 4 is 16.5 Å². The number of aliphatic hydroxyl groups excluding tert-OH is 1. The first-order valence-electron chi connectivity index (χ1n) is 8.01. The highest BCUT2D eigenvalue weighted by molar-refractivity contribution is 7.15. The number of hydrogen-bond acceptors (Lipinski definition) is 7. The Kier molecular flexibility index (Phi) is 5.30. The molecule has 0 bridgehead atoms. The normalized spacial score (nSPS) is 27.8. The van der Waals surface area contributed by atoms with Gasteiger partial charge in [0.25, 0.3) is 0 Å². The lowest BCUT2D eigenvalue weighted by molar-refractivity contribution is -0.0255. The summed E-state index contributed by atoms with van der Waals surface area (Å²) in [6.07, 6.45) is 4.21. The minimum absolute atomic E-state index is 0.136. The fourth-order valence-corrected chi connectivity index (χ4v) is 4.05. The van der Waals surface area contributed by atoms with Crippen LogP contribution in [-0.2, 0) is 11.3 Å². The van der Waals surface area contributed by atoms with E-state index in [-0.39, 0.29) is 6.61 Å². The fraction of sp³-hybridized carbons (Fsp3) is 0.800. The molecule has 3 rings (SSSR count). The summed E-state index contributed by atoms with van der Waals surface area (Å²) in [4.78, 5) is 10.4. The van der Waals surface area contributed by atoms with Crippen LogP contribution in [0.5, 0.6) is 0 Å². The van der Waals surface area contributed by atoms with E-state index < -0.39 is 5.60 Å². The summed E-state index contributed by atoms with van der Waals surface area (Å²) in [6, 6.07) is 0. The first-order valence-corrected chi connectivity index (χ1v) is 8.83. The Bertz CT molecular complexity index is 478. The number of thiazole rings is 1. The molecule has 3 heterocycles. The maximum atomic E-state index is 10.2. The van der Waals surface area contributed by atoms with E-state index in [2.05, 4.69) is 14.8 Å². The minimum Gasteiger partial charge on any atom is -0.393 e. The van der Waals surface area contributed by atoms with Crippen LogP contribution >= 0.6 is 11.3 Å². The molecule has 1 aromatic rings. The van der Waals surface area contributed by atoms with Crippen LogP contribution in [-0.4, -0.2) is 71.7 Å². The molecule has 0 amide bonds. The van der Waals surface area contributed by atoms with E-state index in [1.807, 2.05) is 6.20 Å². The van der Waals surface area contributed by atoms with Crippen molar-refractivity contribution < 1.29 is 14.9 Å². The molecule has 0 radical (unpaired) electrons. The molecular formula is C15H25N3O3S. The average Bonchev–Trinajstić information content (AvgIpc) is 2.93. The van der Waals surface area contributed by atoms with Gasteiger partial charge in [0.2, 0.25) is 0 Å². The molecule has 2 N–H and O–H groups in total. The number of aromatic nitrogens is 1. The van der Waals surface area contributed by atoms with E-state index >= 15 is 0 Å². The van der Waals surface area contributed by atoms with Gasteiger partial charge in [0.15, 0.2) is 5.13 Å². The molecule has 6 nitrogen and oxygen atoms in total. The van der Waals surface area contributed by atoms with Gasteiger partial charge in [-0.05, 0) is 25.8 Å². The van der Waals surface area contributed by atoms with Crippen LogP contribution in [0.1, 0.15) is 24.1 Å².